The number of rotatable bonds is 2. The average molecular weight is 338 g/mol. The van der Waals surface area contributed by atoms with Crippen LogP contribution in [0.15, 0.2) is 24.8 Å². The Labute approximate surface area is 146 Å². The number of fused-ring (bicyclic) bond motifs is 3. The summed E-state index contributed by atoms with van der Waals surface area (Å²) in [6.07, 6.45) is 7.80. The largest absolute Gasteiger partial charge is 0.460 e. The van der Waals surface area contributed by atoms with Crippen molar-refractivity contribution in [2.45, 2.75) is 51.6 Å². The lowest BCUT2D eigenvalue weighted by atomic mass is 9.97. The van der Waals surface area contributed by atoms with E-state index in [1.807, 2.05) is 33.0 Å². The second kappa shape index (κ2) is 5.79. The Morgan fingerprint density at radius 2 is 2.08 bits per heavy atom. The van der Waals surface area contributed by atoms with Crippen molar-refractivity contribution in [3.05, 3.63) is 30.5 Å². The molecule has 2 unspecified atom stereocenters. The van der Waals surface area contributed by atoms with Gasteiger partial charge in [0.1, 0.15) is 17.6 Å². The lowest BCUT2D eigenvalue weighted by Crippen LogP contribution is -2.27. The standard InChI is InChI=1S/C19H22N4O2/c1-19(2,3)25-18(24)12-5-4-11(8-12)16-15-13-6-7-20-17(13)21-9-14(15)22-10-23-16/h6-7,9-12H,4-5,8H2,1-3H3,(H,20,21). The summed E-state index contributed by atoms with van der Waals surface area (Å²) in [5, 5.41) is 2.08. The predicted octanol–water partition coefficient (Wildman–Crippen LogP) is 3.73. The van der Waals surface area contributed by atoms with Crippen LogP contribution in [0.2, 0.25) is 0 Å². The van der Waals surface area contributed by atoms with E-state index in [2.05, 4.69) is 19.9 Å². The van der Waals surface area contributed by atoms with E-state index in [0.717, 1.165) is 46.9 Å². The van der Waals surface area contributed by atoms with Gasteiger partial charge in [0, 0.05) is 22.9 Å². The summed E-state index contributed by atoms with van der Waals surface area (Å²) in [7, 11) is 0. The molecule has 3 aromatic heterocycles. The first-order valence-corrected chi connectivity index (χ1v) is 8.72. The summed E-state index contributed by atoms with van der Waals surface area (Å²) in [5.74, 6) is 0.0862. The molecule has 1 aliphatic rings. The lowest BCUT2D eigenvalue weighted by Gasteiger charge is -2.22. The first-order chi connectivity index (χ1) is 11.9. The zero-order chi connectivity index (χ0) is 17.6. The van der Waals surface area contributed by atoms with E-state index in [-0.39, 0.29) is 17.8 Å². The minimum atomic E-state index is -0.445. The molecule has 130 valence electrons. The Morgan fingerprint density at radius 3 is 2.88 bits per heavy atom. The molecule has 0 radical (unpaired) electrons. The molecular formula is C19H22N4O2. The summed E-state index contributed by atoms with van der Waals surface area (Å²) >= 11 is 0. The average Bonchev–Trinajstić information content (AvgIpc) is 3.22. The number of pyridine rings is 1. The van der Waals surface area contributed by atoms with E-state index in [1.54, 1.807) is 12.5 Å². The van der Waals surface area contributed by atoms with Crippen molar-refractivity contribution in [3.8, 4) is 0 Å². The van der Waals surface area contributed by atoms with Crippen LogP contribution in [0.5, 0.6) is 0 Å². The van der Waals surface area contributed by atoms with Crippen LogP contribution in [0.4, 0.5) is 0 Å². The maximum absolute atomic E-state index is 12.4. The van der Waals surface area contributed by atoms with E-state index < -0.39 is 5.60 Å². The molecule has 1 aliphatic carbocycles. The highest BCUT2D eigenvalue weighted by molar-refractivity contribution is 6.04. The van der Waals surface area contributed by atoms with Gasteiger partial charge in [-0.05, 0) is 46.1 Å². The topological polar surface area (TPSA) is 80.8 Å². The second-order valence-corrected chi connectivity index (χ2v) is 7.76. The molecular weight excluding hydrogens is 316 g/mol. The fourth-order valence-electron chi connectivity index (χ4n) is 3.72. The number of nitrogens with one attached hydrogen (secondary N) is 1. The molecule has 4 rings (SSSR count). The van der Waals surface area contributed by atoms with Gasteiger partial charge < -0.3 is 9.72 Å². The monoisotopic (exact) mass is 338 g/mol. The van der Waals surface area contributed by atoms with Crippen molar-refractivity contribution in [3.63, 3.8) is 0 Å². The molecule has 6 nitrogen and oxygen atoms in total. The maximum atomic E-state index is 12.4. The molecule has 1 N–H and O–H groups in total. The molecule has 25 heavy (non-hydrogen) atoms. The van der Waals surface area contributed by atoms with E-state index in [1.165, 1.54) is 0 Å². The van der Waals surface area contributed by atoms with Crippen molar-refractivity contribution in [2.24, 2.45) is 5.92 Å². The van der Waals surface area contributed by atoms with Crippen LogP contribution >= 0.6 is 0 Å². The number of ether oxygens (including phenoxy) is 1. The third-order valence-corrected chi connectivity index (χ3v) is 4.78. The molecule has 6 heteroatoms. The van der Waals surface area contributed by atoms with Crippen LogP contribution in [-0.2, 0) is 9.53 Å². The normalized spacial score (nSPS) is 21.1. The first kappa shape index (κ1) is 16.0. The summed E-state index contributed by atoms with van der Waals surface area (Å²) in [6, 6.07) is 2.01. The Kier molecular flexibility index (Phi) is 3.71. The molecule has 3 aromatic rings. The number of aromatic amines is 1. The number of carbonyl (C=O) groups is 1. The fraction of sp³-hybridized carbons (Fsp3) is 0.474. The highest BCUT2D eigenvalue weighted by Crippen LogP contribution is 2.41. The minimum absolute atomic E-state index is 0.0576. The lowest BCUT2D eigenvalue weighted by molar-refractivity contribution is -0.159. The van der Waals surface area contributed by atoms with Gasteiger partial charge in [-0.25, -0.2) is 15.0 Å². The first-order valence-electron chi connectivity index (χ1n) is 8.72. The number of nitrogens with zero attached hydrogens (tertiary/aromatic N) is 3. The van der Waals surface area contributed by atoms with Crippen LogP contribution in [0.25, 0.3) is 21.9 Å². The quantitative estimate of drug-likeness (QED) is 0.720. The number of hydrogen-bond donors (Lipinski definition) is 1. The number of aromatic nitrogens is 4. The number of hydrogen-bond acceptors (Lipinski definition) is 5. The number of carbonyl (C=O) groups excluding carboxylic acids is 1. The minimum Gasteiger partial charge on any atom is -0.460 e. The molecule has 0 spiro atoms. The zero-order valence-electron chi connectivity index (χ0n) is 14.7. The Bertz CT molecular complexity index is 941. The van der Waals surface area contributed by atoms with Crippen LogP contribution < -0.4 is 0 Å². The summed E-state index contributed by atoms with van der Waals surface area (Å²) in [4.78, 5) is 28.9. The van der Waals surface area contributed by atoms with Gasteiger partial charge in [-0.1, -0.05) is 0 Å². The molecule has 0 amide bonds. The van der Waals surface area contributed by atoms with E-state index in [4.69, 9.17) is 4.74 Å². The van der Waals surface area contributed by atoms with Gasteiger partial charge in [-0.2, -0.15) is 0 Å². The number of H-pyrrole nitrogens is 1. The van der Waals surface area contributed by atoms with E-state index in [0.29, 0.717) is 0 Å². The van der Waals surface area contributed by atoms with Crippen LogP contribution in [-0.4, -0.2) is 31.5 Å². The van der Waals surface area contributed by atoms with Gasteiger partial charge in [0.15, 0.2) is 0 Å². The highest BCUT2D eigenvalue weighted by Gasteiger charge is 2.35. The molecule has 0 aromatic carbocycles. The summed E-state index contributed by atoms with van der Waals surface area (Å²) < 4.78 is 5.56. The molecule has 1 saturated carbocycles. The Morgan fingerprint density at radius 1 is 1.24 bits per heavy atom. The van der Waals surface area contributed by atoms with Crippen molar-refractivity contribution in [1.82, 2.24) is 19.9 Å². The van der Waals surface area contributed by atoms with Gasteiger partial charge in [-0.15, -0.1) is 0 Å². The van der Waals surface area contributed by atoms with Crippen LogP contribution in [0.1, 0.15) is 51.6 Å². The second-order valence-electron chi connectivity index (χ2n) is 7.76. The van der Waals surface area contributed by atoms with Crippen molar-refractivity contribution < 1.29 is 9.53 Å². The summed E-state index contributed by atoms with van der Waals surface area (Å²) in [5.41, 5.74) is 2.26. The number of esters is 1. The van der Waals surface area contributed by atoms with Gasteiger partial charge in [-0.3, -0.25) is 4.79 Å². The highest BCUT2D eigenvalue weighted by atomic mass is 16.6. The Hall–Kier alpha value is -2.50. The molecule has 0 bridgehead atoms. The van der Waals surface area contributed by atoms with Gasteiger partial charge in [0.2, 0.25) is 0 Å². The maximum Gasteiger partial charge on any atom is 0.309 e. The SMILES string of the molecule is CC(C)(C)OC(=O)C1CCC(c2ncnc3cnc4[nH]ccc4c23)C1. The van der Waals surface area contributed by atoms with Crippen LogP contribution in [0, 0.1) is 5.92 Å². The van der Waals surface area contributed by atoms with Crippen LogP contribution in [0.3, 0.4) is 0 Å². The van der Waals surface area contributed by atoms with Gasteiger partial charge in [0.25, 0.3) is 0 Å². The van der Waals surface area contributed by atoms with Crippen molar-refractivity contribution in [2.75, 3.05) is 0 Å². The third-order valence-electron chi connectivity index (χ3n) is 4.78. The van der Waals surface area contributed by atoms with Crippen molar-refractivity contribution in [1.29, 1.82) is 0 Å². The van der Waals surface area contributed by atoms with Gasteiger partial charge in [0.05, 0.1) is 23.3 Å². The Balaban J connectivity index is 1.67. The predicted molar refractivity (Wildman–Crippen MR) is 95.1 cm³/mol. The molecule has 0 aliphatic heterocycles. The van der Waals surface area contributed by atoms with E-state index in [9.17, 15) is 4.79 Å². The zero-order valence-corrected chi connectivity index (χ0v) is 14.7. The van der Waals surface area contributed by atoms with Crippen molar-refractivity contribution >= 4 is 27.9 Å². The molecule has 2 atom stereocenters. The smallest absolute Gasteiger partial charge is 0.309 e. The molecule has 0 saturated heterocycles. The third kappa shape index (κ3) is 2.97. The summed E-state index contributed by atoms with van der Waals surface area (Å²) in [6.45, 7) is 5.72. The fourth-order valence-corrected chi connectivity index (χ4v) is 3.72. The van der Waals surface area contributed by atoms with Gasteiger partial charge >= 0.3 is 5.97 Å². The molecule has 3 heterocycles. The molecule has 1 fully saturated rings. The van der Waals surface area contributed by atoms with E-state index >= 15 is 0 Å².